The third-order valence-corrected chi connectivity index (χ3v) is 9.60. The van der Waals surface area contributed by atoms with Gasteiger partial charge in [0.2, 0.25) is 10.0 Å². The van der Waals surface area contributed by atoms with Crippen LogP contribution in [0, 0.1) is 5.92 Å². The lowest BCUT2D eigenvalue weighted by Crippen LogP contribution is -2.42. The minimum Gasteiger partial charge on any atom is -0.506 e. The van der Waals surface area contributed by atoms with E-state index in [-0.39, 0.29) is 33.4 Å². The van der Waals surface area contributed by atoms with Gasteiger partial charge < -0.3 is 15.5 Å². The molecule has 2 aliphatic carbocycles. The molecule has 0 spiro atoms. The maximum absolute atomic E-state index is 14.0. The van der Waals surface area contributed by atoms with Gasteiger partial charge in [-0.1, -0.05) is 47.9 Å². The van der Waals surface area contributed by atoms with Gasteiger partial charge in [0.25, 0.3) is 0 Å². The molecular formula is C25H27N3O8S2. The number of ketones is 1. The van der Waals surface area contributed by atoms with E-state index in [4.69, 9.17) is 5.11 Å². The van der Waals surface area contributed by atoms with Gasteiger partial charge in [0, 0.05) is 5.56 Å². The molecule has 0 radical (unpaired) electrons. The Hall–Kier alpha value is -3.39. The van der Waals surface area contributed by atoms with Crippen molar-refractivity contribution in [2.24, 2.45) is 10.3 Å². The highest BCUT2D eigenvalue weighted by atomic mass is 32.3. The standard InChI is InChI=1S/C25H27N3O8S2/c1-25(11-10-14-6-7-14)17-5-3-2-4-16(17)22(31)21(23(25)32)24-26-18-9-8-15(12-19(18)38(35,36)28-24)27-37(33,34)13-20(29)30/h2-5,8-9,12,14,27,31,35-36H,6-7,10-11,13H2,1H3,(H,26,28)(H,29,30). The van der Waals surface area contributed by atoms with E-state index in [0.717, 1.165) is 25.3 Å². The van der Waals surface area contributed by atoms with Crippen LogP contribution in [0.25, 0.3) is 5.76 Å². The number of aliphatic carboxylic acids is 1. The fourth-order valence-corrected chi connectivity index (χ4v) is 6.98. The predicted molar refractivity (Wildman–Crippen MR) is 144 cm³/mol. The minimum atomic E-state index is -4.23. The Morgan fingerprint density at radius 1 is 1.21 bits per heavy atom. The molecule has 0 amide bonds. The van der Waals surface area contributed by atoms with Gasteiger partial charge >= 0.3 is 5.97 Å². The number of carbonyl (C=O) groups excluding carboxylic acids is 1. The van der Waals surface area contributed by atoms with Gasteiger partial charge in [-0.25, -0.2) is 8.42 Å². The topological polar surface area (TPSA) is 186 Å². The summed E-state index contributed by atoms with van der Waals surface area (Å²) < 4.78 is 51.9. The van der Waals surface area contributed by atoms with E-state index in [1.54, 1.807) is 12.1 Å². The van der Waals surface area contributed by atoms with E-state index in [1.807, 2.05) is 19.1 Å². The number of Topliss-reactive ketones (excluding diaryl/α,β-unsaturated/α-hetero) is 1. The number of aliphatic hydroxyl groups excluding tert-OH is 1. The normalized spacial score (nSPS) is 23.0. The Balaban J connectivity index is 1.53. The molecule has 11 nitrogen and oxygen atoms in total. The van der Waals surface area contributed by atoms with Crippen molar-refractivity contribution in [1.82, 2.24) is 0 Å². The molecule has 2 aromatic carbocycles. The molecule has 5 rings (SSSR count). The number of fused-ring (bicyclic) bond motifs is 2. The molecular weight excluding hydrogens is 534 g/mol. The summed E-state index contributed by atoms with van der Waals surface area (Å²) in [4.78, 5) is 24.6. The van der Waals surface area contributed by atoms with Gasteiger partial charge in [-0.15, -0.1) is 4.40 Å². The summed E-state index contributed by atoms with van der Waals surface area (Å²) in [5.41, 5.74) is 0.105. The van der Waals surface area contributed by atoms with Crippen LogP contribution in [-0.2, 0) is 25.0 Å². The van der Waals surface area contributed by atoms with Crippen LogP contribution in [0.4, 0.5) is 11.4 Å². The van der Waals surface area contributed by atoms with Crippen LogP contribution in [0.3, 0.4) is 0 Å². The Labute approximate surface area is 220 Å². The van der Waals surface area contributed by atoms with Crippen molar-refractivity contribution in [3.05, 3.63) is 59.2 Å². The first-order valence-electron chi connectivity index (χ1n) is 11.9. The number of benzene rings is 2. The molecule has 13 heteroatoms. The number of aliphatic hydroxyl groups is 1. The Morgan fingerprint density at radius 3 is 2.61 bits per heavy atom. The van der Waals surface area contributed by atoms with Crippen LogP contribution >= 0.6 is 10.8 Å². The highest BCUT2D eigenvalue weighted by molar-refractivity contribution is 8.23. The van der Waals surface area contributed by atoms with Crippen LogP contribution in [0.15, 0.2) is 57.3 Å². The molecule has 1 fully saturated rings. The van der Waals surface area contributed by atoms with Crippen LogP contribution in [0.5, 0.6) is 0 Å². The summed E-state index contributed by atoms with van der Waals surface area (Å²) in [5.74, 6) is -3.06. The Kier molecular flexibility index (Phi) is 6.29. The molecule has 0 aromatic heterocycles. The number of rotatable bonds is 8. The fraction of sp³-hybridized carbons (Fsp3) is 0.320. The van der Waals surface area contributed by atoms with E-state index in [0.29, 0.717) is 23.5 Å². The molecule has 6 N–H and O–H groups in total. The van der Waals surface area contributed by atoms with Gasteiger partial charge in [-0.05, 0) is 49.4 Å². The largest absolute Gasteiger partial charge is 0.506 e. The maximum Gasteiger partial charge on any atom is 0.320 e. The number of sulfonamides is 1. The Morgan fingerprint density at radius 2 is 1.92 bits per heavy atom. The summed E-state index contributed by atoms with van der Waals surface area (Å²) in [6.45, 7) is 1.83. The number of amidine groups is 1. The number of hydrogen-bond acceptors (Lipinski definition) is 9. The number of carbonyl (C=O) groups is 2. The number of anilines is 2. The molecule has 1 heterocycles. The van der Waals surface area contributed by atoms with Crippen molar-refractivity contribution < 1.29 is 37.3 Å². The van der Waals surface area contributed by atoms with Crippen molar-refractivity contribution in [1.29, 1.82) is 0 Å². The first-order valence-corrected chi connectivity index (χ1v) is 15.1. The molecule has 1 aliphatic heterocycles. The van der Waals surface area contributed by atoms with Gasteiger partial charge in [0.05, 0.1) is 16.8 Å². The molecule has 38 heavy (non-hydrogen) atoms. The molecule has 2 aromatic rings. The van der Waals surface area contributed by atoms with Crippen molar-refractivity contribution in [2.45, 2.75) is 42.9 Å². The first-order chi connectivity index (χ1) is 17.8. The van der Waals surface area contributed by atoms with Gasteiger partial charge in [-0.3, -0.25) is 23.4 Å². The summed E-state index contributed by atoms with van der Waals surface area (Å²) >= 11 is 0. The number of nitrogens with one attached hydrogen (secondary N) is 2. The lowest BCUT2D eigenvalue weighted by Gasteiger charge is -2.39. The zero-order chi connectivity index (χ0) is 27.5. The van der Waals surface area contributed by atoms with E-state index >= 15 is 0 Å². The lowest BCUT2D eigenvalue weighted by molar-refractivity contribution is -0.134. The van der Waals surface area contributed by atoms with Gasteiger partial charge in [-0.2, -0.15) is 0 Å². The van der Waals surface area contributed by atoms with Crippen molar-refractivity contribution >= 4 is 55.5 Å². The zero-order valence-electron chi connectivity index (χ0n) is 20.3. The molecule has 0 bridgehead atoms. The van der Waals surface area contributed by atoms with E-state index < -0.39 is 43.7 Å². The average molecular weight is 562 g/mol. The second kappa shape index (κ2) is 9.12. The second-order valence-electron chi connectivity index (χ2n) is 9.96. The summed E-state index contributed by atoms with van der Waals surface area (Å²) in [6.07, 6.45) is 3.66. The summed E-state index contributed by atoms with van der Waals surface area (Å²) in [6, 6.07) is 10.9. The van der Waals surface area contributed by atoms with Crippen LogP contribution in [0.1, 0.15) is 43.7 Å². The molecule has 3 aliphatic rings. The maximum atomic E-state index is 14.0. The highest BCUT2D eigenvalue weighted by Gasteiger charge is 2.47. The van der Waals surface area contributed by atoms with Gasteiger partial charge in [0.1, 0.15) is 16.2 Å². The van der Waals surface area contributed by atoms with Crippen molar-refractivity contribution in [3.8, 4) is 0 Å². The predicted octanol–water partition coefficient (Wildman–Crippen LogP) is 4.36. The number of carboxylic acid groups (broad SMARTS) is 1. The average Bonchev–Trinajstić information content (AvgIpc) is 3.65. The van der Waals surface area contributed by atoms with Crippen LogP contribution < -0.4 is 10.0 Å². The second-order valence-corrected chi connectivity index (χ2v) is 13.3. The summed E-state index contributed by atoms with van der Waals surface area (Å²) in [5, 5.41) is 22.9. The van der Waals surface area contributed by atoms with Crippen LogP contribution in [-0.4, -0.2) is 51.1 Å². The molecule has 202 valence electrons. The smallest absolute Gasteiger partial charge is 0.320 e. The quantitative estimate of drug-likeness (QED) is 0.272. The monoisotopic (exact) mass is 561 g/mol. The van der Waals surface area contributed by atoms with E-state index in [1.165, 1.54) is 12.1 Å². The molecule has 1 atom stereocenters. The summed E-state index contributed by atoms with van der Waals surface area (Å²) in [7, 11) is -8.18. The third-order valence-electron chi connectivity index (χ3n) is 7.06. The SMILES string of the molecule is CC1(CCC2CC2)C(=O)C(C2=NS(O)(O)c3cc(NS(=O)(=O)CC(=O)O)ccc3N2)=C(O)c2ccccc21. The number of carboxylic acids is 1. The number of hydrogen-bond donors (Lipinski definition) is 6. The van der Waals surface area contributed by atoms with Gasteiger partial charge in [0.15, 0.2) is 17.4 Å². The van der Waals surface area contributed by atoms with Crippen molar-refractivity contribution in [3.63, 3.8) is 0 Å². The van der Waals surface area contributed by atoms with E-state index in [2.05, 4.69) is 14.4 Å². The first kappa shape index (κ1) is 26.2. The Bertz CT molecular complexity index is 1530. The highest BCUT2D eigenvalue weighted by Crippen LogP contribution is 2.57. The molecule has 0 saturated heterocycles. The van der Waals surface area contributed by atoms with E-state index in [9.17, 15) is 32.2 Å². The third kappa shape index (κ3) is 4.77. The fourth-order valence-electron chi connectivity index (χ4n) is 4.91. The van der Waals surface area contributed by atoms with Crippen molar-refractivity contribution in [2.75, 3.05) is 15.8 Å². The zero-order valence-corrected chi connectivity index (χ0v) is 22.0. The number of nitrogens with zero attached hydrogens (tertiary/aromatic N) is 1. The lowest BCUT2D eigenvalue weighted by atomic mass is 9.67. The molecule has 1 saturated carbocycles. The minimum absolute atomic E-state index is 0.0946. The van der Waals surface area contributed by atoms with Crippen LogP contribution in [0.2, 0.25) is 0 Å². The molecule has 1 unspecified atom stereocenters.